The van der Waals surface area contributed by atoms with Crippen molar-refractivity contribution in [3.63, 3.8) is 0 Å². The van der Waals surface area contributed by atoms with Gasteiger partial charge in [-0.25, -0.2) is 4.79 Å². The highest BCUT2D eigenvalue weighted by Crippen LogP contribution is 2.44. The molecule has 0 saturated heterocycles. The fourth-order valence-electron chi connectivity index (χ4n) is 4.67. The molecule has 2 aliphatic carbocycles. The highest BCUT2D eigenvalue weighted by molar-refractivity contribution is 7.09. The number of nitrogens with zero attached hydrogens (tertiary/aromatic N) is 1. The van der Waals surface area contributed by atoms with E-state index in [0.717, 1.165) is 27.1 Å². The van der Waals surface area contributed by atoms with Gasteiger partial charge in [0, 0.05) is 30.0 Å². The van der Waals surface area contributed by atoms with Gasteiger partial charge in [0.05, 0.1) is 11.4 Å². The molecule has 2 amide bonds. The molecule has 1 heterocycles. The Morgan fingerprint density at radius 3 is 2.37 bits per heavy atom. The number of thiazole rings is 1. The largest absolute Gasteiger partial charge is 0.481 e. The number of carboxylic acids is 1. The Labute approximate surface area is 206 Å². The summed E-state index contributed by atoms with van der Waals surface area (Å²) < 4.78 is 5.61. The lowest BCUT2D eigenvalue weighted by molar-refractivity contribution is -0.139. The van der Waals surface area contributed by atoms with Crippen molar-refractivity contribution in [3.8, 4) is 11.1 Å². The molecule has 0 bridgehead atoms. The number of rotatable bonds is 9. The summed E-state index contributed by atoms with van der Waals surface area (Å²) in [4.78, 5) is 41.5. The smallest absolute Gasteiger partial charge is 0.407 e. The third-order valence-corrected chi connectivity index (χ3v) is 7.42. The predicted octanol–water partition coefficient (Wildman–Crippen LogP) is 3.43. The highest BCUT2D eigenvalue weighted by Gasteiger charge is 2.43. The fraction of sp³-hybridized carbons (Fsp3) is 0.308. The molecule has 2 aromatic carbocycles. The number of hydrogen-bond acceptors (Lipinski definition) is 6. The minimum Gasteiger partial charge on any atom is -0.481 e. The van der Waals surface area contributed by atoms with Gasteiger partial charge in [0.1, 0.15) is 12.6 Å². The van der Waals surface area contributed by atoms with E-state index in [1.54, 1.807) is 11.7 Å². The van der Waals surface area contributed by atoms with Gasteiger partial charge < -0.3 is 20.5 Å². The number of aliphatic carboxylic acids is 1. The zero-order chi connectivity index (χ0) is 24.4. The van der Waals surface area contributed by atoms with Crippen LogP contribution in [-0.4, -0.2) is 47.3 Å². The van der Waals surface area contributed by atoms with Gasteiger partial charge in [-0.2, -0.15) is 0 Å². The van der Waals surface area contributed by atoms with E-state index < -0.39 is 24.0 Å². The maximum Gasteiger partial charge on any atom is 0.407 e. The second-order valence-electron chi connectivity index (χ2n) is 8.88. The van der Waals surface area contributed by atoms with Crippen LogP contribution in [0, 0.1) is 11.8 Å². The van der Waals surface area contributed by atoms with Crippen LogP contribution in [0.5, 0.6) is 0 Å². The summed E-state index contributed by atoms with van der Waals surface area (Å²) >= 11 is 1.39. The molecule has 3 atom stereocenters. The van der Waals surface area contributed by atoms with E-state index in [-0.39, 0.29) is 37.3 Å². The monoisotopic (exact) mass is 491 g/mol. The summed E-state index contributed by atoms with van der Waals surface area (Å²) in [6, 6.07) is 15.3. The zero-order valence-electron chi connectivity index (χ0n) is 18.8. The molecule has 35 heavy (non-hydrogen) atoms. The number of carbonyl (C=O) groups excluding carboxylic acids is 2. The normalized spacial score (nSPS) is 18.7. The second kappa shape index (κ2) is 9.87. The lowest BCUT2D eigenvalue weighted by Crippen LogP contribution is -2.48. The fourth-order valence-corrected chi connectivity index (χ4v) is 5.31. The SMILES string of the molecule is O=C(NC(Cc1cncs1)C(=O)NC[C@H]1C[C@H]1C(=O)O)OCC1c2ccccc2-c2ccccc21. The molecule has 0 aliphatic heterocycles. The summed E-state index contributed by atoms with van der Waals surface area (Å²) in [6.07, 6.45) is 1.81. The van der Waals surface area contributed by atoms with Crippen LogP contribution in [-0.2, 0) is 20.7 Å². The molecule has 3 N–H and O–H groups in total. The van der Waals surface area contributed by atoms with E-state index in [1.165, 1.54) is 11.3 Å². The van der Waals surface area contributed by atoms with Crippen LogP contribution in [0.1, 0.15) is 28.3 Å². The summed E-state index contributed by atoms with van der Waals surface area (Å²) in [5, 5.41) is 14.5. The van der Waals surface area contributed by atoms with Crippen LogP contribution in [0.15, 0.2) is 60.2 Å². The number of alkyl carbamates (subject to hydrolysis) is 1. The minimum absolute atomic E-state index is 0.0741. The summed E-state index contributed by atoms with van der Waals surface area (Å²) in [5.74, 6) is -1.78. The molecule has 1 unspecified atom stereocenters. The molecular formula is C26H25N3O5S. The molecule has 1 saturated carbocycles. The first-order valence-corrected chi connectivity index (χ1v) is 12.4. The predicted molar refractivity (Wildman–Crippen MR) is 130 cm³/mol. The average Bonchev–Trinajstić information content (AvgIpc) is 3.34. The van der Waals surface area contributed by atoms with Crippen LogP contribution in [0.2, 0.25) is 0 Å². The van der Waals surface area contributed by atoms with Gasteiger partial charge >= 0.3 is 12.1 Å². The molecule has 9 heteroatoms. The Balaban J connectivity index is 1.22. The third-order valence-electron chi connectivity index (χ3n) is 6.62. The lowest BCUT2D eigenvalue weighted by Gasteiger charge is -2.19. The van der Waals surface area contributed by atoms with Crippen molar-refractivity contribution in [3.05, 3.63) is 76.2 Å². The quantitative estimate of drug-likeness (QED) is 0.422. The Bertz CT molecular complexity index is 1200. The Hall–Kier alpha value is -3.72. The standard InChI is InChI=1S/C26H25N3O5S/c30-24(28-11-15-9-21(15)25(31)32)23(10-16-12-27-14-35-16)29-26(33)34-13-22-19-7-3-1-5-17(19)18-6-2-4-8-20(18)22/h1-8,12,14-15,21-23H,9-11,13H2,(H,28,30)(H,29,33)(H,31,32)/t15-,21-,23?/m1/s1. The molecule has 3 aromatic rings. The van der Waals surface area contributed by atoms with Gasteiger partial charge in [-0.15, -0.1) is 11.3 Å². The number of carboxylic acid groups (broad SMARTS) is 1. The first-order valence-electron chi connectivity index (χ1n) is 11.5. The van der Waals surface area contributed by atoms with Gasteiger partial charge in [-0.1, -0.05) is 48.5 Å². The van der Waals surface area contributed by atoms with Crippen molar-refractivity contribution in [2.24, 2.45) is 11.8 Å². The Morgan fingerprint density at radius 1 is 1.09 bits per heavy atom. The van der Waals surface area contributed by atoms with Crippen molar-refractivity contribution in [2.75, 3.05) is 13.2 Å². The minimum atomic E-state index is -0.854. The van der Waals surface area contributed by atoms with Crippen molar-refractivity contribution >= 4 is 29.3 Å². The van der Waals surface area contributed by atoms with Crippen LogP contribution >= 0.6 is 11.3 Å². The van der Waals surface area contributed by atoms with E-state index in [0.29, 0.717) is 6.42 Å². The number of ether oxygens (including phenoxy) is 1. The molecular weight excluding hydrogens is 466 g/mol. The van der Waals surface area contributed by atoms with Crippen LogP contribution in [0.25, 0.3) is 11.1 Å². The van der Waals surface area contributed by atoms with Crippen molar-refractivity contribution in [1.29, 1.82) is 0 Å². The van der Waals surface area contributed by atoms with E-state index in [1.807, 2.05) is 36.4 Å². The van der Waals surface area contributed by atoms with Crippen LogP contribution in [0.4, 0.5) is 4.79 Å². The maximum atomic E-state index is 12.9. The topological polar surface area (TPSA) is 118 Å². The van der Waals surface area contributed by atoms with Gasteiger partial charge in [0.15, 0.2) is 0 Å². The molecule has 1 aromatic heterocycles. The van der Waals surface area contributed by atoms with Gasteiger partial charge in [0.2, 0.25) is 5.91 Å². The molecule has 1 fully saturated rings. The maximum absolute atomic E-state index is 12.9. The number of amides is 2. The first-order chi connectivity index (χ1) is 17.0. The van der Waals surface area contributed by atoms with E-state index in [9.17, 15) is 14.4 Å². The number of carbonyl (C=O) groups is 3. The summed E-state index contributed by atoms with van der Waals surface area (Å²) in [6.45, 7) is 0.415. The van der Waals surface area contributed by atoms with Gasteiger partial charge in [-0.3, -0.25) is 14.6 Å². The number of fused-ring (bicyclic) bond motifs is 3. The van der Waals surface area contributed by atoms with Gasteiger partial charge in [0.25, 0.3) is 0 Å². The lowest BCUT2D eigenvalue weighted by atomic mass is 9.98. The Kier molecular flexibility index (Phi) is 6.50. The number of benzene rings is 2. The first kappa shape index (κ1) is 23.0. The number of nitrogens with one attached hydrogen (secondary N) is 2. The second-order valence-corrected chi connectivity index (χ2v) is 9.85. The van der Waals surface area contributed by atoms with Crippen molar-refractivity contribution < 1.29 is 24.2 Å². The van der Waals surface area contributed by atoms with Crippen molar-refractivity contribution in [2.45, 2.75) is 24.8 Å². The van der Waals surface area contributed by atoms with E-state index in [4.69, 9.17) is 9.84 Å². The Morgan fingerprint density at radius 2 is 1.77 bits per heavy atom. The molecule has 0 spiro atoms. The molecule has 8 nitrogen and oxygen atoms in total. The molecule has 0 radical (unpaired) electrons. The van der Waals surface area contributed by atoms with Crippen molar-refractivity contribution in [1.82, 2.24) is 15.6 Å². The molecule has 2 aliphatic rings. The van der Waals surface area contributed by atoms with E-state index >= 15 is 0 Å². The summed E-state index contributed by atoms with van der Waals surface area (Å²) in [5.41, 5.74) is 6.16. The van der Waals surface area contributed by atoms with E-state index in [2.05, 4.69) is 27.8 Å². The molecule has 5 rings (SSSR count). The van der Waals surface area contributed by atoms with Crippen LogP contribution in [0.3, 0.4) is 0 Å². The van der Waals surface area contributed by atoms with Crippen LogP contribution < -0.4 is 10.6 Å². The number of hydrogen-bond donors (Lipinski definition) is 3. The average molecular weight is 492 g/mol. The third kappa shape index (κ3) is 5.05. The highest BCUT2D eigenvalue weighted by atomic mass is 32.1. The summed E-state index contributed by atoms with van der Waals surface area (Å²) in [7, 11) is 0. The molecule has 180 valence electrons. The number of aromatic nitrogens is 1. The van der Waals surface area contributed by atoms with Gasteiger partial charge in [-0.05, 0) is 34.6 Å². The zero-order valence-corrected chi connectivity index (χ0v) is 19.7.